The summed E-state index contributed by atoms with van der Waals surface area (Å²) in [5.74, 6) is -4.32. The van der Waals surface area contributed by atoms with Crippen molar-refractivity contribution >= 4 is 52.9 Å². The zero-order chi connectivity index (χ0) is 22.8. The Morgan fingerprint density at radius 2 is 1.67 bits per heavy atom. The van der Waals surface area contributed by atoms with Gasteiger partial charge in [0.15, 0.2) is 0 Å². The van der Waals surface area contributed by atoms with E-state index in [0.29, 0.717) is 5.56 Å². The summed E-state index contributed by atoms with van der Waals surface area (Å²) in [5, 5.41) is 32.4. The van der Waals surface area contributed by atoms with Gasteiger partial charge in [0.1, 0.15) is 12.1 Å². The highest BCUT2D eigenvalue weighted by Crippen LogP contribution is 2.24. The van der Waals surface area contributed by atoms with Crippen molar-refractivity contribution in [2.75, 3.05) is 6.61 Å². The number of hydrogen-bond acceptors (Lipinski definition) is 7. The van der Waals surface area contributed by atoms with E-state index in [9.17, 15) is 19.2 Å². The number of amides is 3. The minimum atomic E-state index is -1.42. The lowest BCUT2D eigenvalue weighted by atomic mass is 10.1. The molecule has 2 atom stereocenters. The Morgan fingerprint density at radius 3 is 2.20 bits per heavy atom. The Morgan fingerprint density at radius 1 is 1.10 bits per heavy atom. The fourth-order valence-electron chi connectivity index (χ4n) is 2.17. The van der Waals surface area contributed by atoms with Crippen LogP contribution >= 0.6 is 23.2 Å². The largest absolute Gasteiger partial charge is 0.480 e. The van der Waals surface area contributed by atoms with Gasteiger partial charge in [-0.15, -0.1) is 0 Å². The summed E-state index contributed by atoms with van der Waals surface area (Å²) >= 11 is 11.9. The van der Waals surface area contributed by atoms with Crippen LogP contribution in [0.3, 0.4) is 0 Å². The summed E-state index contributed by atoms with van der Waals surface area (Å²) in [5.41, 5.74) is 5.65. The smallest absolute Gasteiger partial charge is 0.326 e. The van der Waals surface area contributed by atoms with E-state index in [1.807, 2.05) is 0 Å². The molecule has 0 spiro atoms. The number of aliphatic hydroxyl groups excluding tert-OH is 1. The number of hydrogen-bond donors (Lipinski definition) is 7. The maximum atomic E-state index is 12.0. The number of aliphatic carboxylic acids is 1. The second-order valence-corrected chi connectivity index (χ2v) is 6.89. The van der Waals surface area contributed by atoms with Gasteiger partial charge in [0.05, 0.1) is 13.0 Å². The zero-order valence-corrected chi connectivity index (χ0v) is 17.1. The Kier molecular flexibility index (Phi) is 10.2. The summed E-state index contributed by atoms with van der Waals surface area (Å²) in [6.07, 6.45) is -0.906. The first-order chi connectivity index (χ1) is 14.0. The van der Waals surface area contributed by atoms with E-state index < -0.39 is 48.3 Å². The van der Waals surface area contributed by atoms with Crippen LogP contribution in [0.5, 0.6) is 0 Å². The Bertz CT molecular complexity index is 815. The first-order valence-electron chi connectivity index (χ1n) is 8.55. The monoisotopic (exact) mass is 461 g/mol. The second kappa shape index (κ2) is 12.1. The lowest BCUT2D eigenvalue weighted by Crippen LogP contribution is -2.50. The molecule has 30 heavy (non-hydrogen) atoms. The van der Waals surface area contributed by atoms with Crippen LogP contribution in [-0.4, -0.2) is 58.6 Å². The van der Waals surface area contributed by atoms with E-state index >= 15 is 0 Å². The molecule has 164 valence electrons. The summed E-state index contributed by atoms with van der Waals surface area (Å²) in [4.78, 5) is 46.6. The molecule has 0 aliphatic heterocycles. The molecular weight excluding hydrogens is 441 g/mol. The standard InChI is InChI=1S/C17H21Cl2N5O6/c18-9-2-1-3-10(19)8(9)6-14(27)24-17(21)23-13(26)5-4-12(16(29)30)22-15(28)11(20)7-25/h1-3,11-12,25H,4-7,20H2,(H,22,28)(H,29,30)(H3,21,23,24,26,27)/t11-,12+/m1/s1. The number of carbonyl (C=O) groups excluding carboxylic acids is 3. The molecule has 1 rings (SSSR count). The van der Waals surface area contributed by atoms with Crippen LogP contribution in [-0.2, 0) is 25.6 Å². The van der Waals surface area contributed by atoms with Crippen LogP contribution in [0.1, 0.15) is 18.4 Å². The number of carboxylic acid groups (broad SMARTS) is 1. The SMILES string of the molecule is N=C(NC(=O)CC[C@H](NC(=O)[C@H](N)CO)C(=O)O)NC(=O)Cc1c(Cl)cccc1Cl. The molecule has 8 N–H and O–H groups in total. The average Bonchev–Trinajstić information content (AvgIpc) is 2.66. The normalized spacial score (nSPS) is 12.4. The van der Waals surface area contributed by atoms with Crippen LogP contribution < -0.4 is 21.7 Å². The third-order valence-corrected chi connectivity index (χ3v) is 4.44. The van der Waals surface area contributed by atoms with E-state index in [1.54, 1.807) is 18.2 Å². The molecule has 1 aromatic rings. The molecule has 1 aromatic carbocycles. The predicted molar refractivity (Wildman–Crippen MR) is 108 cm³/mol. The van der Waals surface area contributed by atoms with E-state index in [0.717, 1.165) is 0 Å². The molecule has 0 saturated carbocycles. The van der Waals surface area contributed by atoms with Crippen LogP contribution in [0, 0.1) is 5.41 Å². The summed E-state index contributed by atoms with van der Waals surface area (Å²) in [6, 6.07) is 1.99. The van der Waals surface area contributed by atoms with E-state index in [-0.39, 0.29) is 29.3 Å². The molecule has 13 heteroatoms. The number of nitrogens with two attached hydrogens (primary N) is 1. The number of carbonyl (C=O) groups is 4. The molecule has 0 radical (unpaired) electrons. The number of carboxylic acids is 1. The molecule has 0 bridgehead atoms. The molecule has 0 aromatic heterocycles. The van der Waals surface area contributed by atoms with E-state index in [1.165, 1.54) is 0 Å². The summed E-state index contributed by atoms with van der Waals surface area (Å²) in [6.45, 7) is -0.672. The first-order valence-corrected chi connectivity index (χ1v) is 9.31. The van der Waals surface area contributed by atoms with Crippen molar-refractivity contribution in [3.63, 3.8) is 0 Å². The van der Waals surface area contributed by atoms with E-state index in [4.69, 9.17) is 44.6 Å². The van der Waals surface area contributed by atoms with Crippen LogP contribution in [0.25, 0.3) is 0 Å². The molecule has 11 nitrogen and oxygen atoms in total. The van der Waals surface area contributed by atoms with Gasteiger partial charge in [-0.3, -0.25) is 30.4 Å². The second-order valence-electron chi connectivity index (χ2n) is 6.08. The van der Waals surface area contributed by atoms with Gasteiger partial charge in [-0.05, 0) is 24.1 Å². The van der Waals surface area contributed by atoms with Gasteiger partial charge < -0.3 is 21.3 Å². The van der Waals surface area contributed by atoms with Gasteiger partial charge in [0.25, 0.3) is 0 Å². The quantitative estimate of drug-likeness (QED) is 0.187. The van der Waals surface area contributed by atoms with Crippen molar-refractivity contribution in [3.8, 4) is 0 Å². The number of nitrogens with one attached hydrogen (secondary N) is 4. The predicted octanol–water partition coefficient (Wildman–Crippen LogP) is -0.628. The molecule has 0 fully saturated rings. The number of rotatable bonds is 9. The number of benzene rings is 1. The van der Waals surface area contributed by atoms with Gasteiger partial charge in [0, 0.05) is 16.5 Å². The number of aliphatic hydroxyl groups is 1. The van der Waals surface area contributed by atoms with Crippen molar-refractivity contribution < 1.29 is 29.4 Å². The molecular formula is C17H21Cl2N5O6. The Hall–Kier alpha value is -2.73. The third kappa shape index (κ3) is 8.33. The van der Waals surface area contributed by atoms with Crippen molar-refractivity contribution in [1.29, 1.82) is 5.41 Å². The van der Waals surface area contributed by atoms with Gasteiger partial charge in [-0.1, -0.05) is 29.3 Å². The molecule has 0 unspecified atom stereocenters. The molecule has 0 aliphatic carbocycles. The Labute approximate surface area is 181 Å². The summed E-state index contributed by atoms with van der Waals surface area (Å²) < 4.78 is 0. The Balaban J connectivity index is 2.51. The molecule has 0 aliphatic rings. The molecule has 0 saturated heterocycles. The van der Waals surface area contributed by atoms with Gasteiger partial charge in [-0.2, -0.15) is 0 Å². The molecule has 0 heterocycles. The maximum Gasteiger partial charge on any atom is 0.326 e. The lowest BCUT2D eigenvalue weighted by Gasteiger charge is -2.16. The highest BCUT2D eigenvalue weighted by atomic mass is 35.5. The van der Waals surface area contributed by atoms with Crippen molar-refractivity contribution in [1.82, 2.24) is 16.0 Å². The van der Waals surface area contributed by atoms with Crippen LogP contribution in [0.2, 0.25) is 10.0 Å². The van der Waals surface area contributed by atoms with Crippen LogP contribution in [0.15, 0.2) is 18.2 Å². The molecule has 3 amide bonds. The third-order valence-electron chi connectivity index (χ3n) is 3.74. The van der Waals surface area contributed by atoms with Gasteiger partial charge in [0.2, 0.25) is 23.7 Å². The highest BCUT2D eigenvalue weighted by Gasteiger charge is 2.24. The topological polar surface area (TPSA) is 195 Å². The van der Waals surface area contributed by atoms with Crippen molar-refractivity contribution in [2.45, 2.75) is 31.3 Å². The van der Waals surface area contributed by atoms with E-state index in [2.05, 4.69) is 16.0 Å². The minimum Gasteiger partial charge on any atom is -0.480 e. The fourth-order valence-corrected chi connectivity index (χ4v) is 2.70. The maximum absolute atomic E-state index is 12.0. The number of guanidine groups is 1. The van der Waals surface area contributed by atoms with Crippen LogP contribution in [0.4, 0.5) is 0 Å². The minimum absolute atomic E-state index is 0.227. The summed E-state index contributed by atoms with van der Waals surface area (Å²) in [7, 11) is 0. The number of halogens is 2. The van der Waals surface area contributed by atoms with Crippen molar-refractivity contribution in [2.24, 2.45) is 5.73 Å². The zero-order valence-electron chi connectivity index (χ0n) is 15.6. The highest BCUT2D eigenvalue weighted by molar-refractivity contribution is 6.36. The fraction of sp³-hybridized carbons (Fsp3) is 0.353. The lowest BCUT2D eigenvalue weighted by molar-refractivity contribution is -0.142. The average molecular weight is 462 g/mol. The van der Waals surface area contributed by atoms with Gasteiger partial charge in [-0.25, -0.2) is 4.79 Å². The first kappa shape index (κ1) is 25.3. The van der Waals surface area contributed by atoms with Crippen molar-refractivity contribution in [3.05, 3.63) is 33.8 Å². The van der Waals surface area contributed by atoms with Gasteiger partial charge >= 0.3 is 5.97 Å².